The Morgan fingerprint density at radius 3 is 2.62 bits per heavy atom. The van der Waals surface area contributed by atoms with Gasteiger partial charge in [-0.3, -0.25) is 0 Å². The zero-order chi connectivity index (χ0) is 17.7. The van der Waals surface area contributed by atoms with E-state index in [1.165, 1.54) is 19.2 Å². The van der Waals surface area contributed by atoms with Crippen molar-refractivity contribution in [2.45, 2.75) is 19.6 Å². The number of carbonyl (C=O) groups is 1. The fourth-order valence-electron chi connectivity index (χ4n) is 2.26. The predicted octanol–water partition coefficient (Wildman–Crippen LogP) is 3.74. The van der Waals surface area contributed by atoms with Gasteiger partial charge in [0.25, 0.3) is 0 Å². The Morgan fingerprint density at radius 1 is 1.25 bits per heavy atom. The molecule has 128 valence electrons. The van der Waals surface area contributed by atoms with E-state index in [1.54, 1.807) is 25.1 Å². The molecule has 0 heterocycles. The maximum atomic E-state index is 13.6. The SMILES string of the molecule is COc1cc(NCc2ccc(F)cc2F)ccc1C(C)OC(N)=O. The van der Waals surface area contributed by atoms with Crippen LogP contribution in [0.25, 0.3) is 0 Å². The monoisotopic (exact) mass is 336 g/mol. The number of hydrogen-bond acceptors (Lipinski definition) is 4. The number of carbonyl (C=O) groups excluding carboxylic acids is 1. The first kappa shape index (κ1) is 17.5. The van der Waals surface area contributed by atoms with Crippen molar-refractivity contribution in [2.24, 2.45) is 5.73 Å². The Labute approximate surface area is 138 Å². The second-order valence-corrected chi connectivity index (χ2v) is 5.13. The van der Waals surface area contributed by atoms with E-state index < -0.39 is 23.8 Å². The minimum Gasteiger partial charge on any atom is -0.496 e. The van der Waals surface area contributed by atoms with Crippen LogP contribution >= 0.6 is 0 Å². The van der Waals surface area contributed by atoms with Gasteiger partial charge in [0.05, 0.1) is 7.11 Å². The molecule has 0 aromatic heterocycles. The van der Waals surface area contributed by atoms with E-state index in [-0.39, 0.29) is 6.54 Å². The van der Waals surface area contributed by atoms with Crippen LogP contribution < -0.4 is 15.8 Å². The summed E-state index contributed by atoms with van der Waals surface area (Å²) >= 11 is 0. The molecule has 2 rings (SSSR count). The lowest BCUT2D eigenvalue weighted by molar-refractivity contribution is 0.115. The standard InChI is InChI=1S/C17H18F2N2O3/c1-10(24-17(20)22)14-6-5-13(8-16(14)23-2)21-9-11-3-4-12(18)7-15(11)19/h3-8,10,21H,9H2,1-2H3,(H2,20,22). The van der Waals surface area contributed by atoms with Crippen molar-refractivity contribution in [1.29, 1.82) is 0 Å². The topological polar surface area (TPSA) is 73.6 Å². The van der Waals surface area contributed by atoms with Crippen LogP contribution in [0.5, 0.6) is 5.75 Å². The Morgan fingerprint density at radius 2 is 2.00 bits per heavy atom. The lowest BCUT2D eigenvalue weighted by Crippen LogP contribution is -2.16. The van der Waals surface area contributed by atoms with Crippen LogP contribution in [0.2, 0.25) is 0 Å². The molecule has 0 bridgehead atoms. The van der Waals surface area contributed by atoms with E-state index in [9.17, 15) is 13.6 Å². The lowest BCUT2D eigenvalue weighted by Gasteiger charge is -2.17. The largest absolute Gasteiger partial charge is 0.496 e. The van der Waals surface area contributed by atoms with Gasteiger partial charge in [0.15, 0.2) is 0 Å². The molecule has 0 saturated carbocycles. The number of benzene rings is 2. The number of amides is 1. The van der Waals surface area contributed by atoms with Crippen LogP contribution in [0.15, 0.2) is 36.4 Å². The molecule has 7 heteroatoms. The van der Waals surface area contributed by atoms with Gasteiger partial charge in [-0.05, 0) is 25.1 Å². The van der Waals surface area contributed by atoms with Crippen molar-refractivity contribution in [3.8, 4) is 5.75 Å². The van der Waals surface area contributed by atoms with Crippen molar-refractivity contribution >= 4 is 11.8 Å². The van der Waals surface area contributed by atoms with Crippen LogP contribution in [0, 0.1) is 11.6 Å². The molecule has 0 radical (unpaired) electrons. The van der Waals surface area contributed by atoms with Crippen molar-refractivity contribution < 1.29 is 23.0 Å². The molecule has 5 nitrogen and oxygen atoms in total. The molecular formula is C17H18F2N2O3. The molecule has 2 aromatic carbocycles. The number of hydrogen-bond donors (Lipinski definition) is 2. The average molecular weight is 336 g/mol. The summed E-state index contributed by atoms with van der Waals surface area (Å²) in [4.78, 5) is 10.8. The second kappa shape index (κ2) is 7.63. The molecule has 0 saturated heterocycles. The van der Waals surface area contributed by atoms with Gasteiger partial charge in [0.1, 0.15) is 23.5 Å². The number of ether oxygens (including phenoxy) is 2. The van der Waals surface area contributed by atoms with Gasteiger partial charge >= 0.3 is 6.09 Å². The van der Waals surface area contributed by atoms with Crippen LogP contribution in [0.3, 0.4) is 0 Å². The number of anilines is 1. The van der Waals surface area contributed by atoms with Gasteiger partial charge in [0, 0.05) is 35.5 Å². The Balaban J connectivity index is 2.13. The first-order valence-corrected chi connectivity index (χ1v) is 7.22. The fourth-order valence-corrected chi connectivity index (χ4v) is 2.26. The highest BCUT2D eigenvalue weighted by atomic mass is 19.1. The van der Waals surface area contributed by atoms with E-state index in [0.717, 1.165) is 6.07 Å². The molecule has 3 N–H and O–H groups in total. The maximum absolute atomic E-state index is 13.6. The second-order valence-electron chi connectivity index (χ2n) is 5.13. The van der Waals surface area contributed by atoms with Crippen LogP contribution in [0.4, 0.5) is 19.3 Å². The fraction of sp³-hybridized carbons (Fsp3) is 0.235. The molecule has 1 atom stereocenters. The van der Waals surface area contributed by atoms with Crippen molar-refractivity contribution in [1.82, 2.24) is 0 Å². The number of nitrogens with one attached hydrogen (secondary N) is 1. The Kier molecular flexibility index (Phi) is 5.57. The summed E-state index contributed by atoms with van der Waals surface area (Å²) in [6, 6.07) is 8.57. The molecule has 0 aliphatic heterocycles. The third-order valence-electron chi connectivity index (χ3n) is 3.46. The third-order valence-corrected chi connectivity index (χ3v) is 3.46. The number of halogens is 2. The number of nitrogens with two attached hydrogens (primary N) is 1. The summed E-state index contributed by atoms with van der Waals surface area (Å²) in [6.45, 7) is 1.85. The van der Waals surface area contributed by atoms with E-state index >= 15 is 0 Å². The first-order valence-electron chi connectivity index (χ1n) is 7.22. The highest BCUT2D eigenvalue weighted by Gasteiger charge is 2.15. The van der Waals surface area contributed by atoms with Crippen LogP contribution in [-0.4, -0.2) is 13.2 Å². The third kappa shape index (κ3) is 4.34. The van der Waals surface area contributed by atoms with E-state index in [2.05, 4.69) is 5.32 Å². The first-order chi connectivity index (χ1) is 11.4. The van der Waals surface area contributed by atoms with Gasteiger partial charge in [-0.1, -0.05) is 6.07 Å². The van der Waals surface area contributed by atoms with Crippen molar-refractivity contribution in [2.75, 3.05) is 12.4 Å². The maximum Gasteiger partial charge on any atom is 0.405 e. The Hall–Kier alpha value is -2.83. The van der Waals surface area contributed by atoms with Crippen molar-refractivity contribution in [3.63, 3.8) is 0 Å². The molecule has 0 aliphatic rings. The van der Waals surface area contributed by atoms with Gasteiger partial charge in [-0.25, -0.2) is 13.6 Å². The lowest BCUT2D eigenvalue weighted by atomic mass is 10.1. The Bertz CT molecular complexity index is 738. The summed E-state index contributed by atoms with van der Waals surface area (Å²) in [5.41, 5.74) is 6.67. The van der Waals surface area contributed by atoms with E-state index in [0.29, 0.717) is 22.6 Å². The summed E-state index contributed by atoms with van der Waals surface area (Å²) in [6.07, 6.45) is -1.44. The van der Waals surface area contributed by atoms with Gasteiger partial charge in [-0.15, -0.1) is 0 Å². The van der Waals surface area contributed by atoms with Gasteiger partial charge < -0.3 is 20.5 Å². The molecule has 24 heavy (non-hydrogen) atoms. The smallest absolute Gasteiger partial charge is 0.405 e. The zero-order valence-corrected chi connectivity index (χ0v) is 13.3. The van der Waals surface area contributed by atoms with E-state index in [4.69, 9.17) is 15.2 Å². The molecular weight excluding hydrogens is 318 g/mol. The summed E-state index contributed by atoms with van der Waals surface area (Å²) in [7, 11) is 1.49. The molecule has 2 aromatic rings. The van der Waals surface area contributed by atoms with E-state index in [1.807, 2.05) is 0 Å². The summed E-state index contributed by atoms with van der Waals surface area (Å²) in [5, 5.41) is 3.03. The number of methoxy groups -OCH3 is 1. The molecule has 1 unspecified atom stereocenters. The van der Waals surface area contributed by atoms with Gasteiger partial charge in [-0.2, -0.15) is 0 Å². The number of primary amides is 1. The quantitative estimate of drug-likeness (QED) is 0.843. The van der Waals surface area contributed by atoms with Crippen LogP contribution in [-0.2, 0) is 11.3 Å². The zero-order valence-electron chi connectivity index (χ0n) is 13.3. The summed E-state index contributed by atoms with van der Waals surface area (Å²) in [5.74, 6) is -0.742. The highest BCUT2D eigenvalue weighted by molar-refractivity contribution is 5.65. The molecule has 0 aliphatic carbocycles. The average Bonchev–Trinajstić information content (AvgIpc) is 2.53. The van der Waals surface area contributed by atoms with Crippen LogP contribution in [0.1, 0.15) is 24.2 Å². The highest BCUT2D eigenvalue weighted by Crippen LogP contribution is 2.30. The summed E-state index contributed by atoms with van der Waals surface area (Å²) < 4.78 is 36.7. The van der Waals surface area contributed by atoms with Gasteiger partial charge in [0.2, 0.25) is 0 Å². The minimum absolute atomic E-state index is 0.182. The molecule has 0 spiro atoms. The molecule has 0 fully saturated rings. The normalized spacial score (nSPS) is 11.7. The predicted molar refractivity (Wildman–Crippen MR) is 85.8 cm³/mol. The number of rotatable bonds is 6. The molecule has 1 amide bonds. The van der Waals surface area contributed by atoms with Crippen molar-refractivity contribution in [3.05, 3.63) is 59.2 Å². The minimum atomic E-state index is -0.876.